The molecule has 1 aliphatic carbocycles. The van der Waals surface area contributed by atoms with Crippen LogP contribution in [0, 0.1) is 5.82 Å². The van der Waals surface area contributed by atoms with Gasteiger partial charge in [-0.1, -0.05) is 37.3 Å². The molecule has 2 aromatic carbocycles. The molecule has 0 aromatic heterocycles. The molecule has 0 heterocycles. The van der Waals surface area contributed by atoms with Gasteiger partial charge in [-0.25, -0.2) is 4.39 Å². The van der Waals surface area contributed by atoms with Gasteiger partial charge in [0, 0.05) is 0 Å². The Hall–Kier alpha value is -1.67. The first-order valence-corrected chi connectivity index (χ1v) is 7.88. The van der Waals surface area contributed by atoms with Crippen molar-refractivity contribution in [3.05, 3.63) is 70.5 Å². The Bertz CT molecular complexity index is 603. The summed E-state index contributed by atoms with van der Waals surface area (Å²) in [6, 6.07) is 13.8. The van der Waals surface area contributed by atoms with Crippen molar-refractivity contribution in [2.45, 2.75) is 38.6 Å². The fraction of sp³-hybridized carbons (Fsp3) is 0.368. The summed E-state index contributed by atoms with van der Waals surface area (Å²) in [5, 5.41) is 3.52. The minimum atomic E-state index is -0.181. The first-order chi connectivity index (χ1) is 10.3. The van der Waals surface area contributed by atoms with Crippen molar-refractivity contribution >= 4 is 0 Å². The van der Waals surface area contributed by atoms with Gasteiger partial charge in [-0.05, 0) is 66.6 Å². The lowest BCUT2D eigenvalue weighted by molar-refractivity contribution is 0.611. The zero-order valence-electron chi connectivity index (χ0n) is 12.5. The molecular formula is C19H22FN. The fourth-order valence-corrected chi connectivity index (χ4v) is 3.22. The van der Waals surface area contributed by atoms with Gasteiger partial charge in [0.15, 0.2) is 0 Å². The first-order valence-electron chi connectivity index (χ1n) is 7.88. The normalized spacial score (nSPS) is 15.5. The maximum Gasteiger partial charge on any atom is 0.123 e. The van der Waals surface area contributed by atoms with Crippen LogP contribution in [-0.2, 0) is 12.8 Å². The first kappa shape index (κ1) is 14.3. The smallest absolute Gasteiger partial charge is 0.123 e. The second-order valence-corrected chi connectivity index (χ2v) is 5.78. The molecule has 2 aromatic rings. The van der Waals surface area contributed by atoms with Crippen LogP contribution in [0.4, 0.5) is 4.39 Å². The predicted molar refractivity (Wildman–Crippen MR) is 85.0 cm³/mol. The lowest BCUT2D eigenvalue weighted by Gasteiger charge is -2.22. The molecule has 1 nitrogen and oxygen atoms in total. The van der Waals surface area contributed by atoms with Crippen molar-refractivity contribution < 1.29 is 4.39 Å². The van der Waals surface area contributed by atoms with E-state index >= 15 is 0 Å². The van der Waals surface area contributed by atoms with Crippen molar-refractivity contribution in [1.82, 2.24) is 5.32 Å². The van der Waals surface area contributed by atoms with Crippen LogP contribution in [0.5, 0.6) is 0 Å². The van der Waals surface area contributed by atoms with E-state index < -0.39 is 0 Å². The van der Waals surface area contributed by atoms with E-state index in [1.54, 1.807) is 0 Å². The highest BCUT2D eigenvalue weighted by Crippen LogP contribution is 2.28. The molecule has 1 aliphatic rings. The van der Waals surface area contributed by atoms with E-state index in [-0.39, 0.29) is 11.9 Å². The number of halogens is 1. The third-order valence-corrected chi connectivity index (χ3v) is 4.32. The van der Waals surface area contributed by atoms with Gasteiger partial charge in [-0.15, -0.1) is 0 Å². The molecule has 21 heavy (non-hydrogen) atoms. The van der Waals surface area contributed by atoms with Crippen LogP contribution in [0.2, 0.25) is 0 Å². The molecule has 0 spiro atoms. The summed E-state index contributed by atoms with van der Waals surface area (Å²) in [5.74, 6) is -0.181. The summed E-state index contributed by atoms with van der Waals surface area (Å²) >= 11 is 0. The van der Waals surface area contributed by atoms with Crippen LogP contribution < -0.4 is 5.32 Å². The predicted octanol–water partition coefficient (Wildman–Crippen LogP) is 4.40. The van der Waals surface area contributed by atoms with E-state index in [4.69, 9.17) is 0 Å². The molecule has 110 valence electrons. The van der Waals surface area contributed by atoms with Gasteiger partial charge in [-0.2, -0.15) is 0 Å². The SMILES string of the molecule is CCNC(c1ccc(F)cc1)c1ccc2c(c1)CCCC2. The van der Waals surface area contributed by atoms with Gasteiger partial charge in [0.05, 0.1) is 6.04 Å². The Morgan fingerprint density at radius 2 is 1.62 bits per heavy atom. The highest BCUT2D eigenvalue weighted by molar-refractivity contribution is 5.39. The maximum absolute atomic E-state index is 13.1. The van der Waals surface area contributed by atoms with Crippen molar-refractivity contribution in [2.24, 2.45) is 0 Å². The second-order valence-electron chi connectivity index (χ2n) is 5.78. The highest BCUT2D eigenvalue weighted by Gasteiger charge is 2.16. The van der Waals surface area contributed by atoms with Gasteiger partial charge in [-0.3, -0.25) is 0 Å². The van der Waals surface area contributed by atoms with E-state index in [2.05, 4.69) is 30.4 Å². The number of hydrogen-bond acceptors (Lipinski definition) is 1. The van der Waals surface area contributed by atoms with Gasteiger partial charge in [0.1, 0.15) is 5.82 Å². The summed E-state index contributed by atoms with van der Waals surface area (Å²) in [4.78, 5) is 0. The lowest BCUT2D eigenvalue weighted by Crippen LogP contribution is -2.22. The average molecular weight is 283 g/mol. The van der Waals surface area contributed by atoms with E-state index in [9.17, 15) is 4.39 Å². The third-order valence-electron chi connectivity index (χ3n) is 4.32. The minimum absolute atomic E-state index is 0.142. The average Bonchev–Trinajstić information content (AvgIpc) is 2.53. The number of rotatable bonds is 4. The Morgan fingerprint density at radius 3 is 2.33 bits per heavy atom. The monoisotopic (exact) mass is 283 g/mol. The number of benzene rings is 2. The van der Waals surface area contributed by atoms with Crippen molar-refractivity contribution in [3.8, 4) is 0 Å². The summed E-state index contributed by atoms with van der Waals surface area (Å²) in [7, 11) is 0. The number of hydrogen-bond donors (Lipinski definition) is 1. The molecule has 0 fully saturated rings. The highest BCUT2D eigenvalue weighted by atomic mass is 19.1. The van der Waals surface area contributed by atoms with E-state index in [0.717, 1.165) is 12.1 Å². The second kappa shape index (κ2) is 6.40. The molecule has 0 radical (unpaired) electrons. The lowest BCUT2D eigenvalue weighted by atomic mass is 9.88. The van der Waals surface area contributed by atoms with Gasteiger partial charge in [0.25, 0.3) is 0 Å². The molecule has 3 rings (SSSR count). The molecule has 0 aliphatic heterocycles. The summed E-state index contributed by atoms with van der Waals surface area (Å²) in [5.41, 5.74) is 5.39. The van der Waals surface area contributed by atoms with Crippen LogP contribution in [0.1, 0.15) is 48.1 Å². The van der Waals surface area contributed by atoms with Crippen LogP contribution in [-0.4, -0.2) is 6.54 Å². The summed E-state index contributed by atoms with van der Waals surface area (Å²) in [6.07, 6.45) is 4.99. The van der Waals surface area contributed by atoms with E-state index in [1.165, 1.54) is 54.5 Å². The minimum Gasteiger partial charge on any atom is -0.307 e. The molecule has 0 bridgehead atoms. The molecular weight excluding hydrogens is 261 g/mol. The number of aryl methyl sites for hydroxylation is 2. The molecule has 1 N–H and O–H groups in total. The summed E-state index contributed by atoms with van der Waals surface area (Å²) < 4.78 is 13.1. The van der Waals surface area contributed by atoms with Gasteiger partial charge >= 0.3 is 0 Å². The third kappa shape index (κ3) is 3.16. The number of fused-ring (bicyclic) bond motifs is 1. The van der Waals surface area contributed by atoms with Crippen molar-refractivity contribution in [3.63, 3.8) is 0 Å². The van der Waals surface area contributed by atoms with Crippen LogP contribution >= 0.6 is 0 Å². The van der Waals surface area contributed by atoms with Crippen molar-refractivity contribution in [1.29, 1.82) is 0 Å². The van der Waals surface area contributed by atoms with Gasteiger partial charge < -0.3 is 5.32 Å². The van der Waals surface area contributed by atoms with Crippen LogP contribution in [0.25, 0.3) is 0 Å². The molecule has 0 saturated heterocycles. The van der Waals surface area contributed by atoms with E-state index in [0.29, 0.717) is 0 Å². The van der Waals surface area contributed by atoms with Gasteiger partial charge in [0.2, 0.25) is 0 Å². The zero-order valence-corrected chi connectivity index (χ0v) is 12.5. The zero-order chi connectivity index (χ0) is 14.7. The Labute approximate surface area is 126 Å². The standard InChI is InChI=1S/C19H22FN/c1-2-21-19(15-9-11-18(20)12-10-15)17-8-7-14-5-3-4-6-16(14)13-17/h7-13,19,21H,2-6H2,1H3. The topological polar surface area (TPSA) is 12.0 Å². The fourth-order valence-electron chi connectivity index (χ4n) is 3.22. The Kier molecular flexibility index (Phi) is 4.35. The van der Waals surface area contributed by atoms with Crippen LogP contribution in [0.15, 0.2) is 42.5 Å². The molecule has 0 saturated carbocycles. The molecule has 1 atom stereocenters. The van der Waals surface area contributed by atoms with Crippen LogP contribution in [0.3, 0.4) is 0 Å². The Balaban J connectivity index is 1.95. The number of nitrogens with one attached hydrogen (secondary N) is 1. The molecule has 2 heteroatoms. The van der Waals surface area contributed by atoms with Crippen molar-refractivity contribution in [2.75, 3.05) is 6.54 Å². The molecule has 0 amide bonds. The quantitative estimate of drug-likeness (QED) is 0.876. The molecule has 1 unspecified atom stereocenters. The summed E-state index contributed by atoms with van der Waals surface area (Å²) in [6.45, 7) is 2.99. The van der Waals surface area contributed by atoms with E-state index in [1.807, 2.05) is 12.1 Å². The Morgan fingerprint density at radius 1 is 0.952 bits per heavy atom. The maximum atomic E-state index is 13.1. The largest absolute Gasteiger partial charge is 0.307 e.